The number of benzene rings is 1. The van der Waals surface area contributed by atoms with E-state index in [4.69, 9.17) is 0 Å². The van der Waals surface area contributed by atoms with Crippen molar-refractivity contribution in [1.82, 2.24) is 14.9 Å². The summed E-state index contributed by atoms with van der Waals surface area (Å²) in [5.41, 5.74) is 4.33. The van der Waals surface area contributed by atoms with Crippen LogP contribution in [0.1, 0.15) is 23.7 Å². The topological polar surface area (TPSA) is 61.4 Å². The van der Waals surface area contributed by atoms with Crippen molar-refractivity contribution in [2.75, 3.05) is 36.4 Å². The molecule has 0 atom stereocenters. The molecule has 0 saturated carbocycles. The number of carbonyl (C=O) groups excluding carboxylic acids is 1. The van der Waals surface area contributed by atoms with Crippen molar-refractivity contribution in [1.29, 1.82) is 0 Å². The molecule has 1 aliphatic heterocycles. The van der Waals surface area contributed by atoms with Gasteiger partial charge in [-0.1, -0.05) is 6.07 Å². The predicted molar refractivity (Wildman–Crippen MR) is 100 cm³/mol. The number of piperazine rings is 1. The van der Waals surface area contributed by atoms with Crippen molar-refractivity contribution in [3.8, 4) is 0 Å². The minimum absolute atomic E-state index is 0.135. The fourth-order valence-electron chi connectivity index (χ4n) is 3.20. The number of amides is 1. The number of carbonyl (C=O) groups is 1. The number of nitrogens with one attached hydrogen (secondary N) is 1. The van der Waals surface area contributed by atoms with E-state index in [0.29, 0.717) is 5.95 Å². The van der Waals surface area contributed by atoms with Crippen LogP contribution in [-0.4, -0.2) is 47.0 Å². The third-order valence-corrected chi connectivity index (χ3v) is 4.37. The molecular weight excluding hydrogens is 314 g/mol. The molecule has 1 amide bonds. The average Bonchev–Trinajstić information content (AvgIpc) is 2.53. The van der Waals surface area contributed by atoms with E-state index in [0.717, 1.165) is 43.4 Å². The molecule has 1 aromatic carbocycles. The number of aryl methyl sites for hydroxylation is 3. The monoisotopic (exact) mass is 339 g/mol. The largest absolute Gasteiger partial charge is 0.353 e. The number of rotatable bonds is 3. The number of aromatic nitrogens is 2. The predicted octanol–water partition coefficient (Wildman–Crippen LogP) is 2.81. The van der Waals surface area contributed by atoms with E-state index in [1.807, 2.05) is 17.9 Å². The molecule has 3 rings (SSSR count). The highest BCUT2D eigenvalue weighted by atomic mass is 16.2. The zero-order chi connectivity index (χ0) is 18.0. The summed E-state index contributed by atoms with van der Waals surface area (Å²) in [5.74, 6) is 1.65. The summed E-state index contributed by atoms with van der Waals surface area (Å²) in [4.78, 5) is 24.8. The van der Waals surface area contributed by atoms with Crippen molar-refractivity contribution in [3.05, 3.63) is 41.1 Å². The molecule has 6 heteroatoms. The van der Waals surface area contributed by atoms with Gasteiger partial charge in [0.1, 0.15) is 5.82 Å². The Labute approximate surface area is 148 Å². The highest BCUT2D eigenvalue weighted by molar-refractivity contribution is 5.73. The van der Waals surface area contributed by atoms with Crippen LogP contribution in [0.2, 0.25) is 0 Å². The van der Waals surface area contributed by atoms with Crippen LogP contribution in [0.15, 0.2) is 24.3 Å². The second-order valence-electron chi connectivity index (χ2n) is 6.69. The van der Waals surface area contributed by atoms with Crippen LogP contribution < -0.4 is 10.2 Å². The molecule has 1 aromatic heterocycles. The minimum Gasteiger partial charge on any atom is -0.353 e. The van der Waals surface area contributed by atoms with Crippen molar-refractivity contribution in [2.45, 2.75) is 27.7 Å². The van der Waals surface area contributed by atoms with Gasteiger partial charge in [0.05, 0.1) is 0 Å². The first-order valence-corrected chi connectivity index (χ1v) is 8.62. The molecule has 6 nitrogen and oxygen atoms in total. The first-order valence-electron chi connectivity index (χ1n) is 8.62. The molecule has 0 spiro atoms. The fraction of sp³-hybridized carbons (Fsp3) is 0.421. The van der Waals surface area contributed by atoms with Gasteiger partial charge in [-0.15, -0.1) is 0 Å². The van der Waals surface area contributed by atoms with E-state index in [1.54, 1.807) is 6.92 Å². The Balaban J connectivity index is 1.78. The van der Waals surface area contributed by atoms with Crippen LogP contribution in [-0.2, 0) is 4.79 Å². The lowest BCUT2D eigenvalue weighted by Gasteiger charge is -2.35. The van der Waals surface area contributed by atoms with Gasteiger partial charge >= 0.3 is 0 Å². The molecule has 0 aliphatic carbocycles. The summed E-state index contributed by atoms with van der Waals surface area (Å²) in [6.07, 6.45) is 0. The van der Waals surface area contributed by atoms with Crippen molar-refractivity contribution < 1.29 is 4.79 Å². The molecule has 1 saturated heterocycles. The molecule has 2 heterocycles. The molecule has 0 radical (unpaired) electrons. The van der Waals surface area contributed by atoms with Gasteiger partial charge in [-0.2, -0.15) is 4.98 Å². The van der Waals surface area contributed by atoms with E-state index in [9.17, 15) is 4.79 Å². The lowest BCUT2D eigenvalue weighted by Crippen LogP contribution is -2.48. The van der Waals surface area contributed by atoms with Gasteiger partial charge in [0, 0.05) is 50.6 Å². The summed E-state index contributed by atoms with van der Waals surface area (Å²) < 4.78 is 0. The third kappa shape index (κ3) is 4.26. The Morgan fingerprint density at radius 1 is 0.960 bits per heavy atom. The molecule has 1 aliphatic rings. The van der Waals surface area contributed by atoms with E-state index in [-0.39, 0.29) is 5.91 Å². The summed E-state index contributed by atoms with van der Waals surface area (Å²) in [5, 5.41) is 3.32. The van der Waals surface area contributed by atoms with Gasteiger partial charge in [0.15, 0.2) is 0 Å². The lowest BCUT2D eigenvalue weighted by molar-refractivity contribution is -0.129. The SMILES string of the molecule is CC(=O)N1CCN(c2cc(C)nc(Nc3cc(C)cc(C)c3)n2)CC1. The Bertz CT molecular complexity index is 761. The van der Waals surface area contributed by atoms with Crippen molar-refractivity contribution in [2.24, 2.45) is 0 Å². The Hall–Kier alpha value is -2.63. The van der Waals surface area contributed by atoms with Crippen LogP contribution in [0.5, 0.6) is 0 Å². The maximum Gasteiger partial charge on any atom is 0.229 e. The minimum atomic E-state index is 0.135. The second kappa shape index (κ2) is 7.09. The molecule has 25 heavy (non-hydrogen) atoms. The van der Waals surface area contributed by atoms with Gasteiger partial charge in [0.2, 0.25) is 11.9 Å². The third-order valence-electron chi connectivity index (χ3n) is 4.37. The van der Waals surface area contributed by atoms with Crippen LogP contribution in [0.4, 0.5) is 17.5 Å². The van der Waals surface area contributed by atoms with Gasteiger partial charge in [-0.3, -0.25) is 4.79 Å². The first kappa shape index (κ1) is 17.2. The lowest BCUT2D eigenvalue weighted by atomic mass is 10.1. The molecule has 1 N–H and O–H groups in total. The Morgan fingerprint density at radius 3 is 2.20 bits per heavy atom. The van der Waals surface area contributed by atoms with E-state index < -0.39 is 0 Å². The van der Waals surface area contributed by atoms with E-state index >= 15 is 0 Å². The van der Waals surface area contributed by atoms with Crippen LogP contribution >= 0.6 is 0 Å². The number of hydrogen-bond donors (Lipinski definition) is 1. The summed E-state index contributed by atoms with van der Waals surface area (Å²) in [7, 11) is 0. The maximum atomic E-state index is 11.5. The summed E-state index contributed by atoms with van der Waals surface area (Å²) in [6, 6.07) is 8.31. The quantitative estimate of drug-likeness (QED) is 0.932. The smallest absolute Gasteiger partial charge is 0.229 e. The number of hydrogen-bond acceptors (Lipinski definition) is 5. The highest BCUT2D eigenvalue weighted by Gasteiger charge is 2.20. The maximum absolute atomic E-state index is 11.5. The van der Waals surface area contributed by atoms with Gasteiger partial charge in [-0.25, -0.2) is 4.98 Å². The summed E-state index contributed by atoms with van der Waals surface area (Å²) >= 11 is 0. The number of anilines is 3. The standard InChI is InChI=1S/C19H25N5O/c1-13-9-14(2)11-17(10-13)21-19-20-15(3)12-18(22-19)24-7-5-23(6-8-24)16(4)25/h9-12H,5-8H2,1-4H3,(H,20,21,22). The zero-order valence-electron chi connectivity index (χ0n) is 15.3. The second-order valence-corrected chi connectivity index (χ2v) is 6.69. The molecule has 2 aromatic rings. The van der Waals surface area contributed by atoms with Crippen LogP contribution in [0.25, 0.3) is 0 Å². The fourth-order valence-corrected chi connectivity index (χ4v) is 3.20. The normalized spacial score (nSPS) is 14.6. The summed E-state index contributed by atoms with van der Waals surface area (Å²) in [6.45, 7) is 10.8. The van der Waals surface area contributed by atoms with Gasteiger partial charge in [-0.05, 0) is 44.0 Å². The van der Waals surface area contributed by atoms with Crippen LogP contribution in [0.3, 0.4) is 0 Å². The molecule has 0 bridgehead atoms. The number of nitrogens with zero attached hydrogens (tertiary/aromatic N) is 4. The molecular formula is C19H25N5O. The Morgan fingerprint density at radius 2 is 1.60 bits per heavy atom. The van der Waals surface area contributed by atoms with E-state index in [1.165, 1.54) is 11.1 Å². The van der Waals surface area contributed by atoms with Crippen LogP contribution in [0, 0.1) is 20.8 Å². The van der Waals surface area contributed by atoms with Crippen molar-refractivity contribution in [3.63, 3.8) is 0 Å². The molecule has 132 valence electrons. The van der Waals surface area contributed by atoms with Gasteiger partial charge < -0.3 is 15.1 Å². The zero-order valence-corrected chi connectivity index (χ0v) is 15.3. The molecule has 0 unspecified atom stereocenters. The Kier molecular flexibility index (Phi) is 4.88. The van der Waals surface area contributed by atoms with Gasteiger partial charge in [0.25, 0.3) is 0 Å². The average molecular weight is 339 g/mol. The van der Waals surface area contributed by atoms with Crippen molar-refractivity contribution >= 4 is 23.4 Å². The highest BCUT2D eigenvalue weighted by Crippen LogP contribution is 2.21. The van der Waals surface area contributed by atoms with E-state index in [2.05, 4.69) is 52.2 Å². The first-order chi connectivity index (χ1) is 11.9. The molecule has 1 fully saturated rings.